The Labute approximate surface area is 153 Å². The van der Waals surface area contributed by atoms with E-state index >= 15 is 0 Å². The van der Waals surface area contributed by atoms with E-state index in [2.05, 4.69) is 50.4 Å². The van der Waals surface area contributed by atoms with Crippen LogP contribution >= 0.6 is 0 Å². The molecule has 6 heteroatoms. The minimum atomic E-state index is 0.371. The van der Waals surface area contributed by atoms with Gasteiger partial charge in [-0.25, -0.2) is 9.97 Å². The summed E-state index contributed by atoms with van der Waals surface area (Å²) in [5.41, 5.74) is 13.2. The molecule has 3 aromatic heterocycles. The number of fused-ring (bicyclic) bond motifs is 1. The van der Waals surface area contributed by atoms with E-state index in [0.29, 0.717) is 5.95 Å². The Hall–Kier alpha value is -2.73. The maximum absolute atomic E-state index is 5.70. The average molecular weight is 348 g/mol. The molecule has 0 aliphatic carbocycles. The minimum Gasteiger partial charge on any atom is -0.368 e. The Kier molecular flexibility index (Phi) is 4.42. The Balaban J connectivity index is 1.51. The van der Waals surface area contributed by atoms with Crippen LogP contribution in [0.3, 0.4) is 0 Å². The maximum Gasteiger partial charge on any atom is 0.220 e. The molecule has 4 rings (SSSR count). The van der Waals surface area contributed by atoms with Crippen LogP contribution in [0.25, 0.3) is 0 Å². The Bertz CT molecular complexity index is 916. The summed E-state index contributed by atoms with van der Waals surface area (Å²) < 4.78 is 2.37. The summed E-state index contributed by atoms with van der Waals surface area (Å²) in [5, 5.41) is 0. The smallest absolute Gasteiger partial charge is 0.220 e. The topological polar surface area (TPSA) is 72.9 Å². The molecule has 0 bridgehead atoms. The summed E-state index contributed by atoms with van der Waals surface area (Å²) >= 11 is 0. The highest BCUT2D eigenvalue weighted by Gasteiger charge is 2.20. The minimum absolute atomic E-state index is 0.371. The third kappa shape index (κ3) is 3.32. The number of nitrogen functional groups attached to an aromatic ring is 1. The maximum atomic E-state index is 5.70. The van der Waals surface area contributed by atoms with Gasteiger partial charge in [0.05, 0.1) is 5.69 Å². The molecule has 134 valence electrons. The predicted molar refractivity (Wildman–Crippen MR) is 102 cm³/mol. The molecule has 0 fully saturated rings. The van der Waals surface area contributed by atoms with Crippen molar-refractivity contribution in [3.63, 3.8) is 0 Å². The van der Waals surface area contributed by atoms with Gasteiger partial charge < -0.3 is 10.3 Å². The van der Waals surface area contributed by atoms with E-state index in [1.54, 1.807) is 0 Å². The molecular weight excluding hydrogens is 324 g/mol. The number of nitrogens with two attached hydrogens (primary N) is 1. The van der Waals surface area contributed by atoms with E-state index in [-0.39, 0.29) is 0 Å². The van der Waals surface area contributed by atoms with E-state index < -0.39 is 0 Å². The van der Waals surface area contributed by atoms with Crippen LogP contribution < -0.4 is 5.73 Å². The quantitative estimate of drug-likeness (QED) is 0.784. The van der Waals surface area contributed by atoms with Crippen molar-refractivity contribution >= 4 is 5.95 Å². The number of aryl methyl sites for hydroxylation is 1. The average Bonchev–Trinajstić information content (AvgIpc) is 2.90. The number of nitrogens with zero attached hydrogens (tertiary/aromatic N) is 5. The van der Waals surface area contributed by atoms with Crippen LogP contribution in [-0.2, 0) is 26.1 Å². The SMILES string of the molecule is Cc1cc(CN2CCc3nc(N)ncc3C2)c(C)n1Cc1cccnc1. The first-order valence-electron chi connectivity index (χ1n) is 8.97. The zero-order valence-corrected chi connectivity index (χ0v) is 15.3. The van der Waals surface area contributed by atoms with Gasteiger partial charge in [-0.15, -0.1) is 0 Å². The molecule has 26 heavy (non-hydrogen) atoms. The second kappa shape index (κ2) is 6.88. The molecule has 0 amide bonds. The van der Waals surface area contributed by atoms with Crippen LogP contribution in [0.5, 0.6) is 0 Å². The van der Waals surface area contributed by atoms with E-state index in [1.807, 2.05) is 24.7 Å². The molecule has 0 unspecified atom stereocenters. The van der Waals surface area contributed by atoms with Gasteiger partial charge >= 0.3 is 0 Å². The molecule has 4 heterocycles. The first-order chi connectivity index (χ1) is 12.6. The Morgan fingerprint density at radius 2 is 2.08 bits per heavy atom. The van der Waals surface area contributed by atoms with Crippen molar-refractivity contribution in [2.75, 3.05) is 12.3 Å². The summed E-state index contributed by atoms with van der Waals surface area (Å²) in [4.78, 5) is 15.2. The lowest BCUT2D eigenvalue weighted by Gasteiger charge is -2.27. The molecule has 3 aromatic rings. The van der Waals surface area contributed by atoms with Crippen molar-refractivity contribution in [1.29, 1.82) is 0 Å². The Morgan fingerprint density at radius 3 is 2.88 bits per heavy atom. The molecule has 2 N–H and O–H groups in total. The van der Waals surface area contributed by atoms with E-state index in [9.17, 15) is 0 Å². The van der Waals surface area contributed by atoms with Gasteiger partial charge in [-0.3, -0.25) is 9.88 Å². The predicted octanol–water partition coefficient (Wildman–Crippen LogP) is 2.48. The fourth-order valence-corrected chi connectivity index (χ4v) is 3.72. The largest absolute Gasteiger partial charge is 0.368 e. The summed E-state index contributed by atoms with van der Waals surface area (Å²) in [7, 11) is 0. The van der Waals surface area contributed by atoms with Crippen molar-refractivity contribution in [2.24, 2.45) is 0 Å². The molecule has 6 nitrogen and oxygen atoms in total. The number of hydrogen-bond acceptors (Lipinski definition) is 5. The molecular formula is C20H24N6. The first kappa shape index (κ1) is 16.7. The standard InChI is InChI=1S/C20H24N6/c1-14-8-17(15(2)26(14)11-16-4-3-6-22-9-16)12-25-7-5-19-18(13-25)10-23-20(21)24-19/h3-4,6,8-10H,5,7,11-13H2,1-2H3,(H2,21,23,24). The van der Waals surface area contributed by atoms with Gasteiger partial charge in [-0.05, 0) is 37.1 Å². The molecule has 1 aliphatic rings. The molecule has 0 saturated heterocycles. The normalized spacial score (nSPS) is 14.4. The number of rotatable bonds is 4. The lowest BCUT2D eigenvalue weighted by atomic mass is 10.1. The summed E-state index contributed by atoms with van der Waals surface area (Å²) in [6.07, 6.45) is 6.55. The third-order valence-electron chi connectivity index (χ3n) is 5.17. The number of pyridine rings is 1. The summed E-state index contributed by atoms with van der Waals surface area (Å²) in [6.45, 7) is 8.06. The molecule has 0 saturated carbocycles. The van der Waals surface area contributed by atoms with Gasteiger partial charge in [-0.2, -0.15) is 0 Å². The molecule has 0 radical (unpaired) electrons. The Morgan fingerprint density at radius 1 is 1.19 bits per heavy atom. The van der Waals surface area contributed by atoms with Crippen LogP contribution in [0.4, 0.5) is 5.95 Å². The zero-order valence-electron chi connectivity index (χ0n) is 15.3. The fraction of sp³-hybridized carbons (Fsp3) is 0.350. The number of aromatic nitrogens is 4. The fourth-order valence-electron chi connectivity index (χ4n) is 3.72. The number of hydrogen-bond donors (Lipinski definition) is 1. The van der Waals surface area contributed by atoms with Gasteiger partial charge in [0.1, 0.15) is 0 Å². The van der Waals surface area contributed by atoms with Crippen molar-refractivity contribution in [3.05, 3.63) is 70.6 Å². The van der Waals surface area contributed by atoms with E-state index in [1.165, 1.54) is 28.1 Å². The summed E-state index contributed by atoms with van der Waals surface area (Å²) in [6, 6.07) is 6.42. The summed E-state index contributed by atoms with van der Waals surface area (Å²) in [5.74, 6) is 0.371. The molecule has 0 atom stereocenters. The van der Waals surface area contributed by atoms with Crippen LogP contribution in [0.2, 0.25) is 0 Å². The monoisotopic (exact) mass is 348 g/mol. The van der Waals surface area contributed by atoms with E-state index in [0.717, 1.165) is 38.3 Å². The van der Waals surface area contributed by atoms with Crippen LogP contribution in [0.1, 0.15) is 33.8 Å². The highest BCUT2D eigenvalue weighted by Crippen LogP contribution is 2.23. The first-order valence-corrected chi connectivity index (χ1v) is 8.97. The van der Waals surface area contributed by atoms with Gasteiger partial charge in [0.15, 0.2) is 0 Å². The van der Waals surface area contributed by atoms with Crippen LogP contribution in [-0.4, -0.2) is 31.0 Å². The highest BCUT2D eigenvalue weighted by atomic mass is 15.1. The van der Waals surface area contributed by atoms with Crippen LogP contribution in [0, 0.1) is 13.8 Å². The third-order valence-corrected chi connectivity index (χ3v) is 5.17. The van der Waals surface area contributed by atoms with Gasteiger partial charge in [-0.1, -0.05) is 6.07 Å². The highest BCUT2D eigenvalue weighted by molar-refractivity contribution is 5.30. The molecule has 1 aliphatic heterocycles. The van der Waals surface area contributed by atoms with Gasteiger partial charge in [0.25, 0.3) is 0 Å². The van der Waals surface area contributed by atoms with Gasteiger partial charge in [0.2, 0.25) is 5.95 Å². The molecule has 0 aromatic carbocycles. The van der Waals surface area contributed by atoms with Crippen molar-refractivity contribution in [3.8, 4) is 0 Å². The van der Waals surface area contributed by atoms with Crippen molar-refractivity contribution < 1.29 is 0 Å². The lowest BCUT2D eigenvalue weighted by molar-refractivity contribution is 0.242. The van der Waals surface area contributed by atoms with Crippen molar-refractivity contribution in [2.45, 2.75) is 39.9 Å². The lowest BCUT2D eigenvalue weighted by Crippen LogP contribution is -2.31. The second-order valence-corrected chi connectivity index (χ2v) is 7.00. The second-order valence-electron chi connectivity index (χ2n) is 7.00. The molecule has 0 spiro atoms. The van der Waals surface area contributed by atoms with E-state index in [4.69, 9.17) is 5.73 Å². The zero-order chi connectivity index (χ0) is 18.1. The van der Waals surface area contributed by atoms with Crippen LogP contribution in [0.15, 0.2) is 36.8 Å². The van der Waals surface area contributed by atoms with Crippen molar-refractivity contribution in [1.82, 2.24) is 24.4 Å². The number of anilines is 1. The van der Waals surface area contributed by atoms with Gasteiger partial charge in [0, 0.05) is 68.1 Å².